The number of urea groups is 1. The Hall–Kier alpha value is -2.87. The van der Waals surface area contributed by atoms with Crippen LogP contribution in [-0.2, 0) is 31.6 Å². The first-order chi connectivity index (χ1) is 24.0. The lowest BCUT2D eigenvalue weighted by Crippen LogP contribution is -2.57. The van der Waals surface area contributed by atoms with Crippen LogP contribution in [0.25, 0.3) is 0 Å². The van der Waals surface area contributed by atoms with Crippen LogP contribution in [0, 0.1) is 0 Å². The van der Waals surface area contributed by atoms with Gasteiger partial charge in [0, 0.05) is 54.8 Å². The van der Waals surface area contributed by atoms with Gasteiger partial charge in [0.15, 0.2) is 9.84 Å². The molecule has 3 aromatic carbocycles. The molecule has 0 aliphatic carbocycles. The average Bonchev–Trinajstić information content (AvgIpc) is 3.36. The van der Waals surface area contributed by atoms with Crippen molar-refractivity contribution in [2.24, 2.45) is 4.99 Å². The molecule has 1 saturated heterocycles. The fourth-order valence-electron chi connectivity index (χ4n) is 6.70. The molecule has 0 spiro atoms. The number of aliphatic imine (C=N–C) groups is 1. The number of halogens is 3. The highest BCUT2D eigenvalue weighted by molar-refractivity contribution is 7.91. The summed E-state index contributed by atoms with van der Waals surface area (Å²) in [5, 5.41) is 1.18. The lowest BCUT2D eigenvalue weighted by Gasteiger charge is -2.40. The van der Waals surface area contributed by atoms with E-state index in [0.717, 1.165) is 17.4 Å². The number of hydrogen-bond donors (Lipinski definition) is 0. The van der Waals surface area contributed by atoms with E-state index in [1.165, 1.54) is 18.4 Å². The molecule has 2 heterocycles. The Morgan fingerprint density at radius 1 is 0.922 bits per heavy atom. The largest absolute Gasteiger partial charge is 0.493 e. The second-order valence-corrected chi connectivity index (χ2v) is 18.7. The Morgan fingerprint density at radius 3 is 2.10 bits per heavy atom. The summed E-state index contributed by atoms with van der Waals surface area (Å²) in [6.07, 6.45) is 3.93. The molecule has 0 radical (unpaired) electrons. The summed E-state index contributed by atoms with van der Waals surface area (Å²) in [6, 6.07) is 17.1. The highest BCUT2D eigenvalue weighted by atomic mass is 35.5. The molecular formula is C36H43Cl3N4O6S2. The van der Waals surface area contributed by atoms with Gasteiger partial charge in [-0.3, -0.25) is 14.8 Å². The third-order valence-electron chi connectivity index (χ3n) is 9.39. The standard InChI is InChI=1S/C36H43Cl3N4O6S2/c1-5-49-31-24-30(39)32(51(4,47)48)23-29(31)34-40-36(2,26-10-14-28(38)15-11-26)33(16-9-25-7-12-27(37)13-8-25)43(34)35(44)42-20-18-41(19-21-42)17-6-22-50(3,45)46/h7-8,10-15,23-24,33H,5-6,9,16-22H2,1-4H3/t33-,36-/m0/s1. The zero-order valence-corrected chi connectivity index (χ0v) is 33.0. The van der Waals surface area contributed by atoms with E-state index in [1.807, 2.05) is 50.2 Å². The number of sulfone groups is 2. The minimum atomic E-state index is -3.77. The summed E-state index contributed by atoms with van der Waals surface area (Å²) in [6.45, 7) is 6.63. The Labute approximate surface area is 316 Å². The van der Waals surface area contributed by atoms with E-state index in [-0.39, 0.29) is 34.1 Å². The van der Waals surface area contributed by atoms with Crippen molar-refractivity contribution in [3.05, 3.63) is 92.4 Å². The molecule has 10 nitrogen and oxygen atoms in total. The van der Waals surface area contributed by atoms with Gasteiger partial charge in [0.05, 0.1) is 33.9 Å². The number of piperazine rings is 1. The molecule has 3 aromatic rings. The zero-order valence-electron chi connectivity index (χ0n) is 29.1. The lowest BCUT2D eigenvalue weighted by molar-refractivity contribution is 0.114. The maximum atomic E-state index is 14.9. The SMILES string of the molecule is CCOc1cc(Cl)c(S(C)(=O)=O)cc1C1=N[C@@](C)(c2ccc(Cl)cc2)[C@H](CCc2ccc(Cl)cc2)N1C(=O)N1CCN(CCCS(C)(=O)=O)CC1. The van der Waals surface area contributed by atoms with E-state index >= 15 is 0 Å². The van der Waals surface area contributed by atoms with Crippen LogP contribution in [0.5, 0.6) is 5.75 Å². The fraction of sp³-hybridized carbons (Fsp3) is 0.444. The minimum Gasteiger partial charge on any atom is -0.493 e. The number of nitrogens with zero attached hydrogens (tertiary/aromatic N) is 4. The number of rotatable bonds is 12. The van der Waals surface area contributed by atoms with E-state index < -0.39 is 31.3 Å². The Balaban J connectivity index is 1.61. The van der Waals surface area contributed by atoms with Gasteiger partial charge >= 0.3 is 6.03 Å². The monoisotopic (exact) mass is 796 g/mol. The molecule has 2 aliphatic heterocycles. The van der Waals surface area contributed by atoms with Gasteiger partial charge in [0.2, 0.25) is 0 Å². The lowest BCUT2D eigenvalue weighted by atomic mass is 9.82. The van der Waals surface area contributed by atoms with Crippen molar-refractivity contribution in [1.82, 2.24) is 14.7 Å². The number of ether oxygens (including phenoxy) is 1. The third-order valence-corrected chi connectivity index (χ3v) is 12.5. The van der Waals surface area contributed by atoms with Gasteiger partial charge in [-0.1, -0.05) is 59.1 Å². The van der Waals surface area contributed by atoms with Crippen molar-refractivity contribution < 1.29 is 26.4 Å². The normalized spacial score (nSPS) is 20.1. The Morgan fingerprint density at radius 2 is 1.53 bits per heavy atom. The van der Waals surface area contributed by atoms with Gasteiger partial charge in [0.1, 0.15) is 27.0 Å². The molecule has 51 heavy (non-hydrogen) atoms. The van der Waals surface area contributed by atoms with Crippen molar-refractivity contribution in [1.29, 1.82) is 0 Å². The summed E-state index contributed by atoms with van der Waals surface area (Å²) in [4.78, 5) is 25.8. The summed E-state index contributed by atoms with van der Waals surface area (Å²) in [5.74, 6) is 0.690. The molecular weight excluding hydrogens is 755 g/mol. The van der Waals surface area contributed by atoms with Crippen molar-refractivity contribution in [2.75, 3.05) is 57.6 Å². The number of hydrogen-bond acceptors (Lipinski definition) is 8. The second kappa shape index (κ2) is 16.0. The number of amides is 2. The van der Waals surface area contributed by atoms with E-state index in [0.29, 0.717) is 73.3 Å². The summed E-state index contributed by atoms with van der Waals surface area (Å²) in [5.41, 5.74) is 1.21. The summed E-state index contributed by atoms with van der Waals surface area (Å²) < 4.78 is 55.2. The predicted octanol–water partition coefficient (Wildman–Crippen LogP) is 6.60. The maximum Gasteiger partial charge on any atom is 0.326 e. The highest BCUT2D eigenvalue weighted by Gasteiger charge is 2.51. The number of carbonyl (C=O) groups excluding carboxylic acids is 1. The van der Waals surface area contributed by atoms with E-state index in [4.69, 9.17) is 44.5 Å². The molecule has 276 valence electrons. The third kappa shape index (κ3) is 9.39. The average molecular weight is 798 g/mol. The van der Waals surface area contributed by atoms with Gasteiger partial charge in [-0.2, -0.15) is 0 Å². The molecule has 0 N–H and O–H groups in total. The molecule has 5 rings (SSSR count). The molecule has 2 amide bonds. The van der Waals surface area contributed by atoms with Crippen LogP contribution >= 0.6 is 34.8 Å². The van der Waals surface area contributed by atoms with Crippen molar-refractivity contribution in [3.8, 4) is 5.75 Å². The van der Waals surface area contributed by atoms with Gasteiger partial charge in [0.25, 0.3) is 0 Å². The smallest absolute Gasteiger partial charge is 0.326 e. The quantitative estimate of drug-likeness (QED) is 0.203. The topological polar surface area (TPSA) is 117 Å². The van der Waals surface area contributed by atoms with E-state index in [1.54, 1.807) is 21.9 Å². The summed E-state index contributed by atoms with van der Waals surface area (Å²) in [7, 11) is -6.84. The van der Waals surface area contributed by atoms with Gasteiger partial charge in [-0.05, 0) is 81.1 Å². The van der Waals surface area contributed by atoms with Crippen LogP contribution in [0.4, 0.5) is 4.79 Å². The first-order valence-electron chi connectivity index (χ1n) is 16.8. The van der Waals surface area contributed by atoms with Gasteiger partial charge in [-0.25, -0.2) is 21.6 Å². The highest BCUT2D eigenvalue weighted by Crippen LogP contribution is 2.44. The number of amidine groups is 1. The van der Waals surface area contributed by atoms with E-state index in [2.05, 4.69) is 4.90 Å². The van der Waals surface area contributed by atoms with Crippen molar-refractivity contribution in [3.63, 3.8) is 0 Å². The number of aryl methyl sites for hydroxylation is 1. The molecule has 2 atom stereocenters. The van der Waals surface area contributed by atoms with Crippen LogP contribution < -0.4 is 4.74 Å². The first kappa shape index (κ1) is 39.3. The first-order valence-corrected chi connectivity index (χ1v) is 21.8. The molecule has 1 fully saturated rings. The molecule has 2 aliphatic rings. The van der Waals surface area contributed by atoms with Crippen LogP contribution in [0.15, 0.2) is 70.6 Å². The number of benzene rings is 3. The molecule has 15 heteroatoms. The summed E-state index contributed by atoms with van der Waals surface area (Å²) >= 11 is 19.0. The molecule has 0 bridgehead atoms. The molecule has 0 unspecified atom stereocenters. The molecule has 0 saturated carbocycles. The zero-order chi connectivity index (χ0) is 37.1. The van der Waals surface area contributed by atoms with Crippen LogP contribution in [-0.4, -0.2) is 107 Å². The Bertz CT molecular complexity index is 1990. The second-order valence-electron chi connectivity index (χ2n) is 13.2. The van der Waals surface area contributed by atoms with Crippen LogP contribution in [0.1, 0.15) is 43.4 Å². The number of carbonyl (C=O) groups is 1. The fourth-order valence-corrected chi connectivity index (χ4v) is 8.93. The van der Waals surface area contributed by atoms with Crippen molar-refractivity contribution >= 4 is 66.3 Å². The minimum absolute atomic E-state index is 0.00733. The van der Waals surface area contributed by atoms with Crippen molar-refractivity contribution in [2.45, 2.75) is 49.6 Å². The molecule has 0 aromatic heterocycles. The van der Waals surface area contributed by atoms with E-state index in [9.17, 15) is 21.6 Å². The predicted molar refractivity (Wildman–Crippen MR) is 204 cm³/mol. The van der Waals surface area contributed by atoms with Crippen LogP contribution in [0.3, 0.4) is 0 Å². The van der Waals surface area contributed by atoms with Crippen LogP contribution in [0.2, 0.25) is 15.1 Å². The maximum absolute atomic E-state index is 14.9. The Kier molecular flexibility index (Phi) is 12.4. The van der Waals surface area contributed by atoms with Gasteiger partial charge in [-0.15, -0.1) is 0 Å². The van der Waals surface area contributed by atoms with Gasteiger partial charge < -0.3 is 9.64 Å².